The molecule has 0 radical (unpaired) electrons. The first-order valence-electron chi connectivity index (χ1n) is 14.0. The van der Waals surface area contributed by atoms with Crippen molar-refractivity contribution < 1.29 is 72.4 Å². The van der Waals surface area contributed by atoms with Crippen molar-refractivity contribution in [2.24, 2.45) is 0 Å². The van der Waals surface area contributed by atoms with E-state index < -0.39 is 44.7 Å². The maximum atomic E-state index is 14.0. The Morgan fingerprint density at radius 1 is 0.696 bits per heavy atom. The molecule has 0 atom stereocenters. The number of rotatable bonds is 6. The second kappa shape index (κ2) is 13.9. The van der Waals surface area contributed by atoms with E-state index in [1.54, 1.807) is 24.3 Å². The molecule has 46 heavy (non-hydrogen) atoms. The Morgan fingerprint density at radius 3 is 1.80 bits per heavy atom. The average molecular weight is 747 g/mol. The Labute approximate surface area is 283 Å². The van der Waals surface area contributed by atoms with Crippen LogP contribution in [0.5, 0.6) is 0 Å². The predicted molar refractivity (Wildman–Crippen MR) is 162 cm³/mol. The molecule has 0 saturated heterocycles. The second-order valence-electron chi connectivity index (χ2n) is 10.8. The molecular formula is C37H26Cl2F6Zr. The van der Waals surface area contributed by atoms with E-state index in [1.807, 2.05) is 24.3 Å². The Balaban J connectivity index is 0.00000240. The van der Waals surface area contributed by atoms with Gasteiger partial charge in [-0.3, -0.25) is 0 Å². The molecule has 0 amide bonds. The molecule has 2 aliphatic carbocycles. The van der Waals surface area contributed by atoms with Gasteiger partial charge in [0.25, 0.3) is 0 Å². The van der Waals surface area contributed by atoms with Gasteiger partial charge in [0.05, 0.1) is 0 Å². The average Bonchev–Trinajstić information content (AvgIpc) is 3.67. The van der Waals surface area contributed by atoms with Crippen molar-refractivity contribution in [2.45, 2.75) is 25.2 Å². The summed E-state index contributed by atoms with van der Waals surface area (Å²) >= 11 is -3.54. The van der Waals surface area contributed by atoms with Gasteiger partial charge in [0, 0.05) is 0 Å². The number of alkyl halides is 6. The first kappa shape index (κ1) is 35.6. The van der Waals surface area contributed by atoms with Gasteiger partial charge in [0.1, 0.15) is 0 Å². The van der Waals surface area contributed by atoms with Crippen LogP contribution in [-0.4, -0.2) is 3.21 Å². The molecule has 0 bridgehead atoms. The maximum absolute atomic E-state index is 14.0. The van der Waals surface area contributed by atoms with Crippen molar-refractivity contribution in [2.75, 3.05) is 0 Å². The van der Waals surface area contributed by atoms with Crippen LogP contribution in [0.25, 0.3) is 23.3 Å². The minimum atomic E-state index is -4.61. The van der Waals surface area contributed by atoms with Crippen molar-refractivity contribution in [3.05, 3.63) is 158 Å². The Kier molecular flexibility index (Phi) is 10.7. The molecule has 234 valence electrons. The molecule has 4 aromatic carbocycles. The van der Waals surface area contributed by atoms with Gasteiger partial charge in [-0.2, -0.15) is 0 Å². The van der Waals surface area contributed by atoms with E-state index in [1.165, 1.54) is 12.1 Å². The topological polar surface area (TPSA) is 0 Å². The number of halogens is 8. The third kappa shape index (κ3) is 6.88. The van der Waals surface area contributed by atoms with Gasteiger partial charge in [0.15, 0.2) is 0 Å². The van der Waals surface area contributed by atoms with Crippen molar-refractivity contribution in [3.63, 3.8) is 0 Å². The van der Waals surface area contributed by atoms with Crippen molar-refractivity contribution in [3.8, 4) is 11.1 Å². The number of hydrogen-bond donors (Lipinski definition) is 0. The van der Waals surface area contributed by atoms with Gasteiger partial charge in [-0.1, -0.05) is 0 Å². The molecule has 6 rings (SSSR count). The van der Waals surface area contributed by atoms with Crippen molar-refractivity contribution in [1.82, 2.24) is 0 Å². The third-order valence-electron chi connectivity index (χ3n) is 8.10. The fraction of sp³-hybridized carbons (Fsp3) is 0.108. The van der Waals surface area contributed by atoms with Crippen LogP contribution >= 0.6 is 0 Å². The van der Waals surface area contributed by atoms with Crippen molar-refractivity contribution in [1.29, 1.82) is 0 Å². The molecule has 0 spiro atoms. The number of allylic oxidation sites excluding steroid dienone is 4. The van der Waals surface area contributed by atoms with Crippen LogP contribution in [-0.2, 0) is 40.0 Å². The molecule has 0 aromatic heterocycles. The summed E-state index contributed by atoms with van der Waals surface area (Å²) in [7, 11) is 0. The van der Waals surface area contributed by atoms with E-state index in [9.17, 15) is 26.3 Å². The summed E-state index contributed by atoms with van der Waals surface area (Å²) < 4.78 is 86.6. The summed E-state index contributed by atoms with van der Waals surface area (Å²) in [6.45, 7) is 7.90. The van der Waals surface area contributed by atoms with Crippen LogP contribution in [0.4, 0.5) is 26.3 Å². The fourth-order valence-corrected chi connectivity index (χ4v) is 14.0. The molecule has 2 aliphatic rings. The summed E-state index contributed by atoms with van der Waals surface area (Å²) in [5.74, 6) is 0. The summed E-state index contributed by atoms with van der Waals surface area (Å²) in [4.78, 5) is 0. The van der Waals surface area contributed by atoms with Crippen LogP contribution in [0.3, 0.4) is 0 Å². The van der Waals surface area contributed by atoms with E-state index in [0.717, 1.165) is 64.2 Å². The summed E-state index contributed by atoms with van der Waals surface area (Å²) in [5.41, 5.74) is 5.00. The molecule has 4 aromatic rings. The molecule has 0 fully saturated rings. The van der Waals surface area contributed by atoms with E-state index >= 15 is 0 Å². The quantitative estimate of drug-likeness (QED) is 0.231. The molecule has 0 saturated carbocycles. The van der Waals surface area contributed by atoms with Crippen LogP contribution in [0.2, 0.25) is 0 Å². The molecule has 0 nitrogen and oxygen atoms in total. The first-order valence-corrected chi connectivity index (χ1v) is 17.7. The van der Waals surface area contributed by atoms with Gasteiger partial charge in [-0.05, 0) is 0 Å². The monoisotopic (exact) mass is 744 g/mol. The van der Waals surface area contributed by atoms with Gasteiger partial charge in [-0.15, -0.1) is 0 Å². The Morgan fingerprint density at radius 2 is 1.28 bits per heavy atom. The van der Waals surface area contributed by atoms with Crippen molar-refractivity contribution >= 4 is 18.6 Å². The zero-order valence-electron chi connectivity index (χ0n) is 24.2. The normalized spacial score (nSPS) is 12.9. The Bertz CT molecular complexity index is 1870. The van der Waals surface area contributed by atoms with E-state index in [0.29, 0.717) is 27.2 Å². The zero-order chi connectivity index (χ0) is 31.2. The Hall–Kier alpha value is -3.25. The van der Waals surface area contributed by atoms with E-state index in [-0.39, 0.29) is 24.8 Å². The van der Waals surface area contributed by atoms with Crippen LogP contribution in [0.1, 0.15) is 50.9 Å². The molecule has 0 N–H and O–H groups in total. The summed E-state index contributed by atoms with van der Waals surface area (Å²) in [6.07, 6.45) is 1.44. The molecular weight excluding hydrogens is 721 g/mol. The zero-order valence-corrected chi connectivity index (χ0v) is 28.2. The first-order chi connectivity index (χ1) is 21.0. The van der Waals surface area contributed by atoms with Crippen LogP contribution < -0.4 is 28.1 Å². The van der Waals surface area contributed by atoms with E-state index in [4.69, 9.17) is 0 Å². The van der Waals surface area contributed by atoms with Gasteiger partial charge < -0.3 is 24.8 Å². The van der Waals surface area contributed by atoms with Crippen LogP contribution in [0.15, 0.2) is 114 Å². The van der Waals surface area contributed by atoms with Gasteiger partial charge in [0.2, 0.25) is 0 Å². The summed E-state index contributed by atoms with van der Waals surface area (Å²) in [5, 5.41) is 0. The second-order valence-corrected chi connectivity index (χ2v) is 16.8. The smallest absolute Gasteiger partial charge is 1.00 e. The standard InChI is InChI=1S/C17H13.C15H8F6.C5H5.2ClH.Zr/c1-3-12-5-7-14-11-15-8-6-13(4-2)10-17(15)16(14)9-12;16-14(17,18)12-5-1-3-10(8-12)7-11-4-2-6-13(9-11)15(19,20)21;1-2-4-5-3-1;;;/h3-7,9-10H,1-2,11H2;1-6,8-9H;1-3H,4H2;2*1H;/q;;;;;+2/p-2. The summed E-state index contributed by atoms with van der Waals surface area (Å²) in [6, 6.07) is 20.3. The molecule has 9 heteroatoms. The fourth-order valence-electron chi connectivity index (χ4n) is 6.04. The number of fused-ring (bicyclic) bond motifs is 3. The minimum absolute atomic E-state index is 0. The maximum Gasteiger partial charge on any atom is -1.00 e. The number of benzene rings is 4. The third-order valence-corrected chi connectivity index (χ3v) is 15.7. The predicted octanol–water partition coefficient (Wildman–Crippen LogP) is 3.95. The SMILES string of the molecule is C=Cc1ccc2c(c1)-c1cc(C=C)c[c]([Zr+2]([C]3=CC=CC3)=[C](c3cccc(C(F)(F)F)c3)c3cccc(C(F)(F)F)c3)c1C2.[Cl-].[Cl-]. The number of hydrogen-bond acceptors (Lipinski definition) is 0. The van der Waals surface area contributed by atoms with Gasteiger partial charge >= 0.3 is 261 Å². The largest absolute Gasteiger partial charge is 1.00 e. The van der Waals surface area contributed by atoms with Gasteiger partial charge in [-0.25, -0.2) is 0 Å². The minimum Gasteiger partial charge on any atom is -1.00 e. The van der Waals surface area contributed by atoms with E-state index in [2.05, 4.69) is 37.4 Å². The molecule has 0 aliphatic heterocycles. The molecule has 0 unspecified atom stereocenters. The van der Waals surface area contributed by atoms with Crippen LogP contribution in [0, 0.1) is 0 Å². The molecule has 0 heterocycles.